The average Bonchev–Trinajstić information content (AvgIpc) is 2.76. The zero-order chi connectivity index (χ0) is 12.3. The zero-order valence-corrected chi connectivity index (χ0v) is 9.47. The molecule has 2 N–H and O–H groups in total. The molecular weight excluding hydrogens is 218 g/mol. The minimum atomic E-state index is -0.835. The van der Waals surface area contributed by atoms with Crippen LogP contribution in [0.25, 0.3) is 11.4 Å². The van der Waals surface area contributed by atoms with Gasteiger partial charge in [-0.15, -0.1) is 0 Å². The number of carboxylic acids is 1. The Morgan fingerprint density at radius 1 is 1.35 bits per heavy atom. The molecule has 0 fully saturated rings. The Labute approximate surface area is 98.5 Å². The van der Waals surface area contributed by atoms with Gasteiger partial charge in [-0.1, -0.05) is 29.8 Å². The molecule has 1 heterocycles. The summed E-state index contributed by atoms with van der Waals surface area (Å²) in [5.74, 6) is 0.367. The van der Waals surface area contributed by atoms with Crippen LogP contribution in [-0.2, 0) is 11.2 Å². The van der Waals surface area contributed by atoms with E-state index in [1.165, 1.54) is 5.56 Å². The van der Waals surface area contributed by atoms with Crippen LogP contribution in [0, 0.1) is 6.92 Å². The van der Waals surface area contributed by atoms with Gasteiger partial charge in [0.25, 0.3) is 0 Å². The fourth-order valence-electron chi connectivity index (χ4n) is 1.46. The summed E-state index contributed by atoms with van der Waals surface area (Å²) in [5.41, 5.74) is 2.10. The number of hydrogen-bond acceptors (Lipinski definition) is 3. The van der Waals surface area contributed by atoms with E-state index >= 15 is 0 Å². The van der Waals surface area contributed by atoms with Crippen molar-refractivity contribution < 1.29 is 9.90 Å². The highest BCUT2D eigenvalue weighted by molar-refractivity contribution is 5.66. The molecular formula is C12H13N3O2. The van der Waals surface area contributed by atoms with E-state index in [2.05, 4.69) is 15.2 Å². The van der Waals surface area contributed by atoms with E-state index in [0.29, 0.717) is 18.1 Å². The van der Waals surface area contributed by atoms with E-state index in [4.69, 9.17) is 5.11 Å². The monoisotopic (exact) mass is 231 g/mol. The van der Waals surface area contributed by atoms with Gasteiger partial charge in [0.05, 0.1) is 6.42 Å². The van der Waals surface area contributed by atoms with Crippen molar-refractivity contribution >= 4 is 5.97 Å². The molecule has 88 valence electrons. The lowest BCUT2D eigenvalue weighted by molar-refractivity contribution is -0.137. The molecule has 0 saturated carbocycles. The van der Waals surface area contributed by atoms with Crippen LogP contribution in [0.4, 0.5) is 0 Å². The van der Waals surface area contributed by atoms with Gasteiger partial charge in [-0.25, -0.2) is 4.98 Å². The third-order valence-corrected chi connectivity index (χ3v) is 2.42. The van der Waals surface area contributed by atoms with Crippen molar-refractivity contribution in [2.75, 3.05) is 0 Å². The number of H-pyrrole nitrogens is 1. The molecule has 2 rings (SSSR count). The Morgan fingerprint density at radius 2 is 2.06 bits per heavy atom. The molecule has 0 unspecified atom stereocenters. The van der Waals surface area contributed by atoms with Crippen molar-refractivity contribution in [3.63, 3.8) is 0 Å². The van der Waals surface area contributed by atoms with Crippen molar-refractivity contribution in [3.05, 3.63) is 35.7 Å². The van der Waals surface area contributed by atoms with Crippen molar-refractivity contribution in [1.29, 1.82) is 0 Å². The van der Waals surface area contributed by atoms with Gasteiger partial charge in [-0.2, -0.15) is 5.10 Å². The van der Waals surface area contributed by atoms with E-state index < -0.39 is 5.97 Å². The summed E-state index contributed by atoms with van der Waals surface area (Å²) in [6.45, 7) is 2.01. The second kappa shape index (κ2) is 4.78. The fourth-order valence-corrected chi connectivity index (χ4v) is 1.46. The minimum absolute atomic E-state index is 0.0581. The standard InChI is InChI=1S/C12H13N3O2/c1-8-2-4-9(5-3-8)12-13-10(14-15-12)6-7-11(16)17/h2-5H,6-7H2,1H3,(H,16,17)(H,13,14,15). The summed E-state index contributed by atoms with van der Waals surface area (Å²) in [7, 11) is 0. The van der Waals surface area contributed by atoms with Crippen LogP contribution >= 0.6 is 0 Å². The quantitative estimate of drug-likeness (QED) is 0.840. The first-order chi connectivity index (χ1) is 8.15. The van der Waals surface area contributed by atoms with Crippen LogP contribution in [0.2, 0.25) is 0 Å². The lowest BCUT2D eigenvalue weighted by atomic mass is 10.1. The first-order valence-corrected chi connectivity index (χ1v) is 5.35. The summed E-state index contributed by atoms with van der Waals surface area (Å²) < 4.78 is 0. The van der Waals surface area contributed by atoms with E-state index in [1.807, 2.05) is 31.2 Å². The smallest absolute Gasteiger partial charge is 0.303 e. The zero-order valence-electron chi connectivity index (χ0n) is 9.47. The highest BCUT2D eigenvalue weighted by Gasteiger charge is 2.07. The number of nitrogens with one attached hydrogen (secondary N) is 1. The van der Waals surface area contributed by atoms with Gasteiger partial charge >= 0.3 is 5.97 Å². The van der Waals surface area contributed by atoms with Gasteiger partial charge in [0.2, 0.25) is 0 Å². The SMILES string of the molecule is Cc1ccc(-c2n[nH]c(CCC(=O)O)n2)cc1. The molecule has 0 aliphatic rings. The molecule has 0 spiro atoms. The summed E-state index contributed by atoms with van der Waals surface area (Å²) in [4.78, 5) is 14.7. The molecule has 0 aliphatic heterocycles. The van der Waals surface area contributed by atoms with E-state index in [0.717, 1.165) is 5.56 Å². The largest absolute Gasteiger partial charge is 0.481 e. The predicted molar refractivity (Wildman–Crippen MR) is 62.5 cm³/mol. The number of hydrogen-bond donors (Lipinski definition) is 2. The number of rotatable bonds is 4. The number of aromatic amines is 1. The Hall–Kier alpha value is -2.17. The highest BCUT2D eigenvalue weighted by Crippen LogP contribution is 2.15. The van der Waals surface area contributed by atoms with E-state index in [1.54, 1.807) is 0 Å². The van der Waals surface area contributed by atoms with E-state index in [-0.39, 0.29) is 6.42 Å². The molecule has 0 aliphatic carbocycles. The molecule has 0 atom stereocenters. The Balaban J connectivity index is 2.12. The summed E-state index contributed by atoms with van der Waals surface area (Å²) in [6.07, 6.45) is 0.427. The van der Waals surface area contributed by atoms with Gasteiger partial charge in [-0.05, 0) is 6.92 Å². The fraction of sp³-hybridized carbons (Fsp3) is 0.250. The number of aromatic nitrogens is 3. The van der Waals surface area contributed by atoms with Crippen molar-refractivity contribution in [3.8, 4) is 11.4 Å². The molecule has 0 bridgehead atoms. The Bertz CT molecular complexity index is 517. The molecule has 17 heavy (non-hydrogen) atoms. The number of benzene rings is 1. The number of aryl methyl sites for hydroxylation is 2. The maximum absolute atomic E-state index is 10.4. The molecule has 1 aromatic heterocycles. The minimum Gasteiger partial charge on any atom is -0.481 e. The molecule has 1 aromatic carbocycles. The summed E-state index contributed by atoms with van der Waals surface area (Å²) in [5, 5.41) is 15.4. The van der Waals surface area contributed by atoms with Gasteiger partial charge in [0, 0.05) is 12.0 Å². The molecule has 0 saturated heterocycles. The van der Waals surface area contributed by atoms with Crippen LogP contribution in [0.1, 0.15) is 17.8 Å². The van der Waals surface area contributed by atoms with Gasteiger partial charge in [-0.3, -0.25) is 9.89 Å². The molecule has 0 amide bonds. The molecule has 5 heteroatoms. The lowest BCUT2D eigenvalue weighted by Crippen LogP contribution is -1.98. The van der Waals surface area contributed by atoms with Gasteiger partial charge in [0.15, 0.2) is 5.82 Å². The van der Waals surface area contributed by atoms with Crippen molar-refractivity contribution in [2.24, 2.45) is 0 Å². The first kappa shape index (κ1) is 11.3. The normalized spacial score (nSPS) is 10.4. The van der Waals surface area contributed by atoms with Crippen LogP contribution < -0.4 is 0 Å². The number of carboxylic acid groups (broad SMARTS) is 1. The van der Waals surface area contributed by atoms with Crippen molar-refractivity contribution in [2.45, 2.75) is 19.8 Å². The van der Waals surface area contributed by atoms with Crippen LogP contribution in [0.15, 0.2) is 24.3 Å². The number of carbonyl (C=O) groups is 1. The maximum atomic E-state index is 10.4. The van der Waals surface area contributed by atoms with Crippen LogP contribution in [-0.4, -0.2) is 26.3 Å². The summed E-state index contributed by atoms with van der Waals surface area (Å²) in [6, 6.07) is 7.87. The molecule has 0 radical (unpaired) electrons. The second-order valence-electron chi connectivity index (χ2n) is 3.87. The second-order valence-corrected chi connectivity index (χ2v) is 3.87. The Kier molecular flexibility index (Phi) is 3.18. The number of nitrogens with zero attached hydrogens (tertiary/aromatic N) is 2. The van der Waals surface area contributed by atoms with Crippen molar-refractivity contribution in [1.82, 2.24) is 15.2 Å². The maximum Gasteiger partial charge on any atom is 0.303 e. The van der Waals surface area contributed by atoms with Crippen LogP contribution in [0.3, 0.4) is 0 Å². The van der Waals surface area contributed by atoms with Crippen LogP contribution in [0.5, 0.6) is 0 Å². The van der Waals surface area contributed by atoms with Gasteiger partial charge < -0.3 is 5.11 Å². The van der Waals surface area contributed by atoms with Gasteiger partial charge in [0.1, 0.15) is 5.82 Å². The van der Waals surface area contributed by atoms with E-state index in [9.17, 15) is 4.79 Å². The highest BCUT2D eigenvalue weighted by atomic mass is 16.4. The third kappa shape index (κ3) is 2.90. The number of aliphatic carboxylic acids is 1. The predicted octanol–water partition coefficient (Wildman–Crippen LogP) is 1.80. The summed E-state index contributed by atoms with van der Waals surface area (Å²) >= 11 is 0. The third-order valence-electron chi connectivity index (χ3n) is 2.42. The Morgan fingerprint density at radius 3 is 2.71 bits per heavy atom. The molecule has 5 nitrogen and oxygen atoms in total. The average molecular weight is 231 g/mol. The topological polar surface area (TPSA) is 78.9 Å². The molecule has 2 aromatic rings. The first-order valence-electron chi connectivity index (χ1n) is 5.35. The lowest BCUT2D eigenvalue weighted by Gasteiger charge is -1.95.